The molecule has 1 aliphatic rings. The number of hydrogen-bond acceptors (Lipinski definition) is 1. The molecule has 2 aromatic rings. The van der Waals surface area contributed by atoms with E-state index in [2.05, 4.69) is 39.3 Å². The summed E-state index contributed by atoms with van der Waals surface area (Å²) in [5.74, 6) is 1.81. The Kier molecular flexibility index (Phi) is 5.73. The molecule has 25 heavy (non-hydrogen) atoms. The maximum atomic E-state index is 13.9. The third-order valence-electron chi connectivity index (χ3n) is 4.36. The van der Waals surface area contributed by atoms with Gasteiger partial charge in [-0.1, -0.05) is 60.7 Å². The van der Waals surface area contributed by atoms with Crippen LogP contribution in [0.4, 0.5) is 0 Å². The van der Waals surface area contributed by atoms with Crippen LogP contribution in [-0.4, -0.2) is 22.4 Å². The van der Waals surface area contributed by atoms with Gasteiger partial charge in [-0.3, -0.25) is 4.57 Å². The molecular formula is C21H25N2OP. The molecule has 3 nitrogen and oxygen atoms in total. The van der Waals surface area contributed by atoms with Crippen molar-refractivity contribution in [2.75, 3.05) is 13.1 Å². The first-order valence-corrected chi connectivity index (χ1v) is 10.4. The van der Waals surface area contributed by atoms with Crippen LogP contribution in [0.3, 0.4) is 0 Å². The normalized spacial score (nSPS) is 17.2. The second kappa shape index (κ2) is 7.99. The number of hydrogen-bond donors (Lipinski definition) is 0. The van der Waals surface area contributed by atoms with Gasteiger partial charge in [0.25, 0.3) is 0 Å². The Balaban J connectivity index is 1.88. The second-order valence-electron chi connectivity index (χ2n) is 6.61. The zero-order valence-corrected chi connectivity index (χ0v) is 15.8. The quantitative estimate of drug-likeness (QED) is 0.540. The lowest BCUT2D eigenvalue weighted by atomic mass is 10.2. The number of rotatable bonds is 5. The Morgan fingerprint density at radius 1 is 0.920 bits per heavy atom. The molecule has 0 radical (unpaired) electrons. The van der Waals surface area contributed by atoms with Gasteiger partial charge < -0.3 is 0 Å². The van der Waals surface area contributed by atoms with E-state index in [0.717, 1.165) is 18.7 Å². The van der Waals surface area contributed by atoms with Gasteiger partial charge in [0, 0.05) is 32.0 Å². The van der Waals surface area contributed by atoms with Gasteiger partial charge in [0.05, 0.1) is 0 Å². The summed E-state index contributed by atoms with van der Waals surface area (Å²) >= 11 is 0. The fraction of sp³-hybridized carbons (Fsp3) is 0.286. The summed E-state index contributed by atoms with van der Waals surface area (Å²) in [6.07, 6.45) is 0. The summed E-state index contributed by atoms with van der Waals surface area (Å²) in [5, 5.41) is 0. The second-order valence-corrected chi connectivity index (χ2v) is 9.18. The SMILES string of the molecule is CC(C)=C=CP1(=O)N(Cc2ccccc2)CCN1Cc1ccccc1. The zero-order valence-electron chi connectivity index (χ0n) is 14.9. The Labute approximate surface area is 150 Å². The summed E-state index contributed by atoms with van der Waals surface area (Å²) in [7, 11) is -2.77. The van der Waals surface area contributed by atoms with Crippen molar-refractivity contribution < 1.29 is 4.57 Å². The maximum Gasteiger partial charge on any atom is 0.246 e. The first-order valence-electron chi connectivity index (χ1n) is 8.67. The van der Waals surface area contributed by atoms with Crippen LogP contribution in [0.15, 0.2) is 77.8 Å². The highest BCUT2D eigenvalue weighted by Crippen LogP contribution is 2.59. The van der Waals surface area contributed by atoms with Crippen LogP contribution in [-0.2, 0) is 17.7 Å². The van der Waals surface area contributed by atoms with Crippen LogP contribution in [0.25, 0.3) is 0 Å². The van der Waals surface area contributed by atoms with Gasteiger partial charge in [-0.05, 0) is 30.5 Å². The minimum atomic E-state index is -2.77. The molecule has 0 atom stereocenters. The predicted molar refractivity (Wildman–Crippen MR) is 104 cm³/mol. The van der Waals surface area contributed by atoms with E-state index in [1.165, 1.54) is 11.1 Å². The largest absolute Gasteiger partial charge is 0.283 e. The Morgan fingerprint density at radius 2 is 1.36 bits per heavy atom. The molecule has 0 aliphatic carbocycles. The summed E-state index contributed by atoms with van der Waals surface area (Å²) in [6.45, 7) is 6.98. The minimum absolute atomic E-state index is 0.699. The molecule has 0 N–H and O–H groups in total. The van der Waals surface area contributed by atoms with Crippen molar-refractivity contribution in [1.29, 1.82) is 0 Å². The topological polar surface area (TPSA) is 23.6 Å². The van der Waals surface area contributed by atoms with Gasteiger partial charge >= 0.3 is 0 Å². The van der Waals surface area contributed by atoms with Crippen LogP contribution < -0.4 is 0 Å². The first kappa shape index (κ1) is 17.9. The molecule has 0 spiro atoms. The van der Waals surface area contributed by atoms with Crippen molar-refractivity contribution in [3.8, 4) is 0 Å². The Hall–Kier alpha value is -1.89. The highest BCUT2D eigenvalue weighted by Gasteiger charge is 2.40. The molecule has 1 fully saturated rings. The lowest BCUT2D eigenvalue weighted by Crippen LogP contribution is -2.18. The monoisotopic (exact) mass is 352 g/mol. The fourth-order valence-corrected chi connectivity index (χ4v) is 5.62. The van der Waals surface area contributed by atoms with Crippen LogP contribution in [0.2, 0.25) is 0 Å². The number of benzene rings is 2. The number of nitrogens with zero attached hydrogens (tertiary/aromatic N) is 2. The molecule has 0 unspecified atom stereocenters. The van der Waals surface area contributed by atoms with E-state index in [1.54, 1.807) is 5.82 Å². The highest BCUT2D eigenvalue weighted by atomic mass is 31.2. The predicted octanol–water partition coefficient (Wildman–Crippen LogP) is 5.28. The van der Waals surface area contributed by atoms with Crippen molar-refractivity contribution in [2.45, 2.75) is 26.9 Å². The molecule has 0 amide bonds. The van der Waals surface area contributed by atoms with E-state index in [0.29, 0.717) is 13.1 Å². The van der Waals surface area contributed by atoms with E-state index in [-0.39, 0.29) is 0 Å². The molecule has 3 rings (SSSR count). The molecule has 1 aliphatic heterocycles. The third-order valence-corrected chi connectivity index (χ3v) is 7.13. The van der Waals surface area contributed by atoms with Crippen LogP contribution in [0.1, 0.15) is 25.0 Å². The molecular weight excluding hydrogens is 327 g/mol. The van der Waals surface area contributed by atoms with Gasteiger partial charge in [-0.2, -0.15) is 0 Å². The summed E-state index contributed by atoms with van der Waals surface area (Å²) in [6, 6.07) is 20.5. The standard InChI is InChI=1S/C21H25N2OP/c1-19(2)13-16-25(24)22(17-20-9-5-3-6-10-20)14-15-23(25)18-21-11-7-4-8-12-21/h3-12,16H,14-15,17-18H2,1-2H3. The molecule has 0 bridgehead atoms. The van der Waals surface area contributed by atoms with Crippen molar-refractivity contribution in [2.24, 2.45) is 0 Å². The van der Waals surface area contributed by atoms with Gasteiger partial charge in [0.2, 0.25) is 7.44 Å². The number of allylic oxidation sites excluding steroid dienone is 1. The van der Waals surface area contributed by atoms with Gasteiger partial charge in [0.15, 0.2) is 0 Å². The average molecular weight is 352 g/mol. The van der Waals surface area contributed by atoms with Crippen LogP contribution in [0.5, 0.6) is 0 Å². The lowest BCUT2D eigenvalue weighted by molar-refractivity contribution is 0.443. The smallest absolute Gasteiger partial charge is 0.246 e. The average Bonchev–Trinajstić information content (AvgIpc) is 2.92. The van der Waals surface area contributed by atoms with E-state index < -0.39 is 7.44 Å². The zero-order chi connectivity index (χ0) is 17.7. The first-order chi connectivity index (χ1) is 12.1. The summed E-state index contributed by atoms with van der Waals surface area (Å²) in [5.41, 5.74) is 6.63. The van der Waals surface area contributed by atoms with Crippen molar-refractivity contribution in [3.05, 3.63) is 88.9 Å². The van der Waals surface area contributed by atoms with E-state index >= 15 is 0 Å². The molecule has 1 heterocycles. The van der Waals surface area contributed by atoms with Crippen molar-refractivity contribution in [1.82, 2.24) is 9.34 Å². The Morgan fingerprint density at radius 3 is 1.76 bits per heavy atom. The minimum Gasteiger partial charge on any atom is -0.283 e. The van der Waals surface area contributed by atoms with Crippen molar-refractivity contribution >= 4 is 7.44 Å². The highest BCUT2D eigenvalue weighted by molar-refractivity contribution is 7.62. The van der Waals surface area contributed by atoms with Gasteiger partial charge in [-0.25, -0.2) is 9.34 Å². The van der Waals surface area contributed by atoms with Crippen molar-refractivity contribution in [3.63, 3.8) is 0 Å². The molecule has 1 saturated heterocycles. The third kappa shape index (κ3) is 4.39. The molecule has 0 saturated carbocycles. The van der Waals surface area contributed by atoms with E-state index in [4.69, 9.17) is 0 Å². The van der Waals surface area contributed by atoms with Crippen LogP contribution in [0, 0.1) is 0 Å². The summed E-state index contributed by atoms with van der Waals surface area (Å²) < 4.78 is 18.1. The fourth-order valence-electron chi connectivity index (χ4n) is 3.02. The summed E-state index contributed by atoms with van der Waals surface area (Å²) in [4.78, 5) is 0. The van der Waals surface area contributed by atoms with E-state index in [1.807, 2.05) is 50.2 Å². The molecule has 130 valence electrons. The lowest BCUT2D eigenvalue weighted by Gasteiger charge is -2.27. The molecule has 0 aromatic heterocycles. The maximum absolute atomic E-state index is 13.9. The van der Waals surface area contributed by atoms with Gasteiger partial charge in [-0.15, -0.1) is 5.73 Å². The Bertz CT molecular complexity index is 753. The van der Waals surface area contributed by atoms with Gasteiger partial charge in [0.1, 0.15) is 0 Å². The molecule has 2 aromatic carbocycles. The van der Waals surface area contributed by atoms with E-state index in [9.17, 15) is 4.57 Å². The molecule has 4 heteroatoms. The van der Waals surface area contributed by atoms with Crippen LogP contribution >= 0.6 is 7.44 Å².